The van der Waals surface area contributed by atoms with E-state index in [4.69, 9.17) is 0 Å². The molecule has 124 valence electrons. The van der Waals surface area contributed by atoms with Crippen LogP contribution in [0, 0.1) is 11.3 Å². The molecule has 0 aliphatic carbocycles. The minimum absolute atomic E-state index is 0.00214. The molecule has 0 radical (unpaired) electrons. The molecule has 1 unspecified atom stereocenters. The van der Waals surface area contributed by atoms with Crippen LogP contribution in [0.2, 0.25) is 0 Å². The highest BCUT2D eigenvalue weighted by molar-refractivity contribution is 5.67. The molecule has 0 spiro atoms. The first-order valence-corrected chi connectivity index (χ1v) is 8.06. The summed E-state index contributed by atoms with van der Waals surface area (Å²) < 4.78 is 3.21. The molecule has 0 amide bonds. The van der Waals surface area contributed by atoms with Crippen molar-refractivity contribution in [2.45, 2.75) is 46.1 Å². The van der Waals surface area contributed by atoms with E-state index < -0.39 is 0 Å². The van der Waals surface area contributed by atoms with Crippen molar-refractivity contribution >= 4 is 5.65 Å². The average Bonchev–Trinajstić information content (AvgIpc) is 3.20. The Bertz CT molecular complexity index is 985. The number of H-pyrrole nitrogens is 1. The fraction of sp³-hybridized carbons (Fsp3) is 0.412. The largest absolute Gasteiger partial charge is 0.295 e. The van der Waals surface area contributed by atoms with Crippen LogP contribution in [0.1, 0.15) is 57.2 Å². The van der Waals surface area contributed by atoms with Crippen LogP contribution in [0.3, 0.4) is 0 Å². The summed E-state index contributed by atoms with van der Waals surface area (Å²) in [6.07, 6.45) is 6.11. The Morgan fingerprint density at radius 1 is 1.38 bits per heavy atom. The SMILES string of the molecule is CCC(C)n1cc(-c2nc3c(C#N)c[nH]n3c(=O)c2C(C)C)cn1. The molecule has 0 saturated heterocycles. The Labute approximate surface area is 139 Å². The van der Waals surface area contributed by atoms with Gasteiger partial charge in [-0.15, -0.1) is 0 Å². The predicted octanol–water partition coefficient (Wildman–Crippen LogP) is 2.85. The number of fused-ring (bicyclic) bond motifs is 1. The van der Waals surface area contributed by atoms with E-state index in [2.05, 4.69) is 35.1 Å². The van der Waals surface area contributed by atoms with Gasteiger partial charge >= 0.3 is 0 Å². The van der Waals surface area contributed by atoms with Crippen molar-refractivity contribution in [1.29, 1.82) is 5.26 Å². The normalized spacial score (nSPS) is 12.7. The summed E-state index contributed by atoms with van der Waals surface area (Å²) in [5.41, 5.74) is 2.52. The highest BCUT2D eigenvalue weighted by atomic mass is 16.1. The minimum Gasteiger partial charge on any atom is -0.295 e. The van der Waals surface area contributed by atoms with Crippen LogP contribution in [-0.2, 0) is 0 Å². The summed E-state index contributed by atoms with van der Waals surface area (Å²) in [5.74, 6) is -0.00214. The summed E-state index contributed by atoms with van der Waals surface area (Å²) in [6.45, 7) is 8.11. The molecule has 3 rings (SSSR count). The van der Waals surface area contributed by atoms with E-state index in [0.29, 0.717) is 22.5 Å². The van der Waals surface area contributed by atoms with Crippen LogP contribution < -0.4 is 5.56 Å². The quantitative estimate of drug-likeness (QED) is 0.798. The zero-order valence-corrected chi connectivity index (χ0v) is 14.2. The topological polar surface area (TPSA) is 91.8 Å². The molecule has 1 N–H and O–H groups in total. The highest BCUT2D eigenvalue weighted by Gasteiger charge is 2.21. The number of aromatic amines is 1. The number of hydrogen-bond acceptors (Lipinski definition) is 4. The van der Waals surface area contributed by atoms with E-state index in [1.807, 2.05) is 24.7 Å². The van der Waals surface area contributed by atoms with Gasteiger partial charge in [0.15, 0.2) is 5.65 Å². The van der Waals surface area contributed by atoms with Crippen molar-refractivity contribution in [3.8, 4) is 17.3 Å². The van der Waals surface area contributed by atoms with E-state index >= 15 is 0 Å². The van der Waals surface area contributed by atoms with Crippen LogP contribution in [-0.4, -0.2) is 24.4 Å². The molecule has 1 atom stereocenters. The molecule has 7 nitrogen and oxygen atoms in total. The Morgan fingerprint density at radius 3 is 2.75 bits per heavy atom. The fourth-order valence-corrected chi connectivity index (χ4v) is 2.74. The van der Waals surface area contributed by atoms with Crippen LogP contribution in [0.25, 0.3) is 16.9 Å². The molecule has 0 fully saturated rings. The van der Waals surface area contributed by atoms with Crippen molar-refractivity contribution in [2.75, 3.05) is 0 Å². The van der Waals surface area contributed by atoms with Gasteiger partial charge in [0.1, 0.15) is 11.6 Å². The Balaban J connectivity index is 2.30. The molecule has 7 heteroatoms. The number of nitriles is 1. The Hall–Kier alpha value is -2.88. The first kappa shape index (κ1) is 16.0. The van der Waals surface area contributed by atoms with Gasteiger partial charge < -0.3 is 0 Å². The van der Waals surface area contributed by atoms with Gasteiger partial charge in [0.05, 0.1) is 11.9 Å². The van der Waals surface area contributed by atoms with Crippen molar-refractivity contribution < 1.29 is 0 Å². The first-order valence-electron chi connectivity index (χ1n) is 8.06. The summed E-state index contributed by atoms with van der Waals surface area (Å²) in [4.78, 5) is 17.5. The van der Waals surface area contributed by atoms with Gasteiger partial charge in [0, 0.05) is 29.6 Å². The number of aromatic nitrogens is 5. The smallest absolute Gasteiger partial charge is 0.276 e. The summed E-state index contributed by atoms with van der Waals surface area (Å²) >= 11 is 0. The molecule has 24 heavy (non-hydrogen) atoms. The van der Waals surface area contributed by atoms with Gasteiger partial charge in [0.2, 0.25) is 0 Å². The van der Waals surface area contributed by atoms with Crippen molar-refractivity contribution in [3.63, 3.8) is 0 Å². The second-order valence-electron chi connectivity index (χ2n) is 6.26. The molecule has 3 heterocycles. The van der Waals surface area contributed by atoms with E-state index in [0.717, 1.165) is 12.0 Å². The zero-order valence-electron chi connectivity index (χ0n) is 14.2. The van der Waals surface area contributed by atoms with Crippen LogP contribution in [0.4, 0.5) is 0 Å². The molecular weight excluding hydrogens is 304 g/mol. The van der Waals surface area contributed by atoms with E-state index in [1.165, 1.54) is 10.7 Å². The maximum Gasteiger partial charge on any atom is 0.276 e. The molecule has 0 aliphatic rings. The fourth-order valence-electron chi connectivity index (χ4n) is 2.74. The van der Waals surface area contributed by atoms with Crippen LogP contribution >= 0.6 is 0 Å². The zero-order chi connectivity index (χ0) is 17.4. The first-order chi connectivity index (χ1) is 11.5. The van der Waals surface area contributed by atoms with Crippen molar-refractivity contribution in [1.82, 2.24) is 24.4 Å². The lowest BCUT2D eigenvalue weighted by Crippen LogP contribution is -2.22. The van der Waals surface area contributed by atoms with Crippen LogP contribution in [0.15, 0.2) is 23.4 Å². The lowest BCUT2D eigenvalue weighted by molar-refractivity contribution is 0.478. The monoisotopic (exact) mass is 324 g/mol. The predicted molar refractivity (Wildman–Crippen MR) is 90.8 cm³/mol. The number of hydrogen-bond donors (Lipinski definition) is 1. The molecule has 0 aliphatic heterocycles. The average molecular weight is 324 g/mol. The number of nitrogens with one attached hydrogen (secondary N) is 1. The molecule has 0 aromatic carbocycles. The second kappa shape index (κ2) is 5.96. The molecular formula is C17H20N6O. The highest BCUT2D eigenvalue weighted by Crippen LogP contribution is 2.26. The third kappa shape index (κ3) is 2.40. The maximum absolute atomic E-state index is 12.8. The Morgan fingerprint density at radius 2 is 2.12 bits per heavy atom. The van der Waals surface area contributed by atoms with E-state index in [9.17, 15) is 10.1 Å². The second-order valence-corrected chi connectivity index (χ2v) is 6.26. The molecule has 3 aromatic rings. The van der Waals surface area contributed by atoms with Crippen molar-refractivity contribution in [3.05, 3.63) is 40.1 Å². The number of nitrogens with zero attached hydrogens (tertiary/aromatic N) is 5. The summed E-state index contributed by atoms with van der Waals surface area (Å²) in [6, 6.07) is 2.33. The summed E-state index contributed by atoms with van der Waals surface area (Å²) in [5, 5.41) is 16.4. The minimum atomic E-state index is -0.178. The standard InChI is InChI=1S/C17H20N6O/c1-5-11(4)22-9-13(8-19-22)15-14(10(2)3)17(24)23-16(21-15)12(6-18)7-20-23/h7-11,20H,5H2,1-4H3. The van der Waals surface area contributed by atoms with Crippen molar-refractivity contribution in [2.24, 2.45) is 0 Å². The molecule has 3 aromatic heterocycles. The van der Waals surface area contributed by atoms with Gasteiger partial charge in [0.25, 0.3) is 5.56 Å². The van der Waals surface area contributed by atoms with Crippen LogP contribution in [0.5, 0.6) is 0 Å². The number of rotatable bonds is 4. The maximum atomic E-state index is 12.8. The molecule has 0 bridgehead atoms. The summed E-state index contributed by atoms with van der Waals surface area (Å²) in [7, 11) is 0. The Kier molecular flexibility index (Phi) is 3.97. The third-order valence-electron chi connectivity index (χ3n) is 4.31. The van der Waals surface area contributed by atoms with Gasteiger partial charge in [-0.25, -0.2) is 9.50 Å². The molecule has 0 saturated carbocycles. The van der Waals surface area contributed by atoms with E-state index in [-0.39, 0.29) is 17.5 Å². The van der Waals surface area contributed by atoms with E-state index in [1.54, 1.807) is 6.20 Å². The lowest BCUT2D eigenvalue weighted by atomic mass is 10.00. The van der Waals surface area contributed by atoms with Gasteiger partial charge in [-0.1, -0.05) is 20.8 Å². The van der Waals surface area contributed by atoms with Gasteiger partial charge in [-0.2, -0.15) is 10.4 Å². The van der Waals surface area contributed by atoms with Gasteiger partial charge in [-0.3, -0.25) is 14.6 Å². The lowest BCUT2D eigenvalue weighted by Gasteiger charge is -2.11. The third-order valence-corrected chi connectivity index (χ3v) is 4.31. The van der Waals surface area contributed by atoms with Gasteiger partial charge in [-0.05, 0) is 19.3 Å².